The van der Waals surface area contributed by atoms with Gasteiger partial charge in [0, 0.05) is 16.2 Å². The van der Waals surface area contributed by atoms with Gasteiger partial charge in [-0.05, 0) is 22.9 Å². The molecule has 0 spiro atoms. The molecule has 4 heteroatoms. The molecule has 0 amide bonds. The van der Waals surface area contributed by atoms with E-state index in [1.807, 2.05) is 6.92 Å². The molecular formula is C7H8BrNO2. The van der Waals surface area contributed by atoms with Crippen molar-refractivity contribution in [3.8, 4) is 11.6 Å². The number of pyridine rings is 1. The first kappa shape index (κ1) is 8.33. The largest absolute Gasteiger partial charge is 0.491 e. The minimum atomic E-state index is -0.0757. The smallest absolute Gasteiger partial charge is 0.254 e. The van der Waals surface area contributed by atoms with Crippen LogP contribution in [-0.4, -0.2) is 17.2 Å². The van der Waals surface area contributed by atoms with E-state index < -0.39 is 0 Å². The maximum atomic E-state index is 9.16. The van der Waals surface area contributed by atoms with Crippen LogP contribution in [0.25, 0.3) is 0 Å². The van der Waals surface area contributed by atoms with Gasteiger partial charge in [0.05, 0.1) is 7.11 Å². The SMILES string of the molecule is COc1c(O)ncc(Br)c1C. The van der Waals surface area contributed by atoms with E-state index in [2.05, 4.69) is 20.9 Å². The van der Waals surface area contributed by atoms with Crippen molar-refractivity contribution in [2.75, 3.05) is 7.11 Å². The Kier molecular flexibility index (Phi) is 2.34. The van der Waals surface area contributed by atoms with Crippen LogP contribution >= 0.6 is 15.9 Å². The molecule has 0 aromatic carbocycles. The lowest BCUT2D eigenvalue weighted by Gasteiger charge is -2.06. The van der Waals surface area contributed by atoms with Gasteiger partial charge in [0.1, 0.15) is 0 Å². The fourth-order valence-electron chi connectivity index (χ4n) is 0.794. The van der Waals surface area contributed by atoms with E-state index in [4.69, 9.17) is 9.84 Å². The van der Waals surface area contributed by atoms with Crippen LogP contribution in [0.5, 0.6) is 11.6 Å². The Morgan fingerprint density at radius 1 is 1.64 bits per heavy atom. The third-order valence-corrected chi connectivity index (χ3v) is 2.21. The first-order chi connectivity index (χ1) is 5.16. The van der Waals surface area contributed by atoms with Crippen LogP contribution in [0.4, 0.5) is 0 Å². The molecule has 0 fully saturated rings. The van der Waals surface area contributed by atoms with Gasteiger partial charge in [-0.2, -0.15) is 0 Å². The summed E-state index contributed by atoms with van der Waals surface area (Å²) in [5.41, 5.74) is 0.847. The molecular weight excluding hydrogens is 210 g/mol. The second kappa shape index (κ2) is 3.09. The Labute approximate surface area is 73.2 Å². The van der Waals surface area contributed by atoms with Gasteiger partial charge in [0.2, 0.25) is 0 Å². The summed E-state index contributed by atoms with van der Waals surface area (Å²) in [7, 11) is 1.50. The third-order valence-electron chi connectivity index (χ3n) is 1.41. The molecule has 0 saturated carbocycles. The van der Waals surface area contributed by atoms with E-state index in [0.717, 1.165) is 10.0 Å². The molecule has 60 valence electrons. The molecule has 0 unspecified atom stereocenters. The van der Waals surface area contributed by atoms with Crippen LogP contribution in [-0.2, 0) is 0 Å². The number of methoxy groups -OCH3 is 1. The molecule has 3 nitrogen and oxygen atoms in total. The summed E-state index contributed by atoms with van der Waals surface area (Å²) < 4.78 is 5.74. The number of nitrogens with zero attached hydrogens (tertiary/aromatic N) is 1. The minimum Gasteiger partial charge on any atom is -0.491 e. The zero-order chi connectivity index (χ0) is 8.43. The quantitative estimate of drug-likeness (QED) is 0.782. The third kappa shape index (κ3) is 1.45. The van der Waals surface area contributed by atoms with E-state index in [-0.39, 0.29) is 5.88 Å². The highest BCUT2D eigenvalue weighted by atomic mass is 79.9. The predicted molar refractivity (Wildman–Crippen MR) is 44.9 cm³/mol. The van der Waals surface area contributed by atoms with E-state index in [1.54, 1.807) is 0 Å². The molecule has 1 aromatic heterocycles. The first-order valence-corrected chi connectivity index (χ1v) is 3.84. The molecule has 0 aliphatic carbocycles. The Morgan fingerprint density at radius 3 is 2.73 bits per heavy atom. The van der Waals surface area contributed by atoms with Crippen LogP contribution < -0.4 is 4.74 Å². The average Bonchev–Trinajstić information content (AvgIpc) is 1.99. The van der Waals surface area contributed by atoms with Crippen molar-refractivity contribution >= 4 is 15.9 Å². The first-order valence-electron chi connectivity index (χ1n) is 3.05. The minimum absolute atomic E-state index is 0.0757. The number of rotatable bonds is 1. The molecule has 1 N–H and O–H groups in total. The van der Waals surface area contributed by atoms with Crippen molar-refractivity contribution < 1.29 is 9.84 Å². The summed E-state index contributed by atoms with van der Waals surface area (Å²) in [6, 6.07) is 0. The zero-order valence-electron chi connectivity index (χ0n) is 6.26. The molecule has 1 aromatic rings. The van der Waals surface area contributed by atoms with E-state index >= 15 is 0 Å². The van der Waals surface area contributed by atoms with Crippen LogP contribution in [0.15, 0.2) is 10.7 Å². The molecule has 0 atom stereocenters. The standard InChI is InChI=1S/C7H8BrNO2/c1-4-5(8)3-9-7(10)6(4)11-2/h3H,1-2H3,(H,9,10). The molecule has 1 rings (SSSR count). The van der Waals surface area contributed by atoms with E-state index in [9.17, 15) is 0 Å². The Balaban J connectivity index is 3.29. The predicted octanol–water partition coefficient (Wildman–Crippen LogP) is 1.87. The molecule has 0 bridgehead atoms. The second-order valence-electron chi connectivity index (χ2n) is 2.09. The number of aromatic nitrogens is 1. The number of halogens is 1. The lowest BCUT2D eigenvalue weighted by molar-refractivity contribution is 0.360. The van der Waals surface area contributed by atoms with Crippen molar-refractivity contribution in [3.05, 3.63) is 16.2 Å². The molecule has 1 heterocycles. The lowest BCUT2D eigenvalue weighted by atomic mass is 10.3. The highest BCUT2D eigenvalue weighted by molar-refractivity contribution is 9.10. The summed E-state index contributed by atoms with van der Waals surface area (Å²) in [5.74, 6) is 0.340. The normalized spacial score (nSPS) is 9.73. The van der Waals surface area contributed by atoms with Gasteiger partial charge in [-0.15, -0.1) is 0 Å². The molecule has 0 aliphatic heterocycles. The summed E-state index contributed by atoms with van der Waals surface area (Å²) in [6.07, 6.45) is 1.53. The van der Waals surface area contributed by atoms with E-state index in [0.29, 0.717) is 5.75 Å². The topological polar surface area (TPSA) is 42.4 Å². The maximum Gasteiger partial charge on any atom is 0.254 e. The Morgan fingerprint density at radius 2 is 2.27 bits per heavy atom. The van der Waals surface area contributed by atoms with Crippen LogP contribution in [0, 0.1) is 6.92 Å². The van der Waals surface area contributed by atoms with Gasteiger partial charge >= 0.3 is 0 Å². The molecule has 0 radical (unpaired) electrons. The van der Waals surface area contributed by atoms with Crippen molar-refractivity contribution in [3.63, 3.8) is 0 Å². The highest BCUT2D eigenvalue weighted by Crippen LogP contribution is 2.31. The monoisotopic (exact) mass is 217 g/mol. The second-order valence-corrected chi connectivity index (χ2v) is 2.94. The molecule has 11 heavy (non-hydrogen) atoms. The van der Waals surface area contributed by atoms with Crippen LogP contribution in [0.1, 0.15) is 5.56 Å². The van der Waals surface area contributed by atoms with Crippen molar-refractivity contribution in [1.82, 2.24) is 4.98 Å². The van der Waals surface area contributed by atoms with Crippen LogP contribution in [0.3, 0.4) is 0 Å². The molecule has 0 saturated heterocycles. The maximum absolute atomic E-state index is 9.16. The number of aromatic hydroxyl groups is 1. The Bertz CT molecular complexity index is 275. The van der Waals surface area contributed by atoms with Gasteiger partial charge < -0.3 is 9.84 Å². The lowest BCUT2D eigenvalue weighted by Crippen LogP contribution is -1.90. The highest BCUT2D eigenvalue weighted by Gasteiger charge is 2.08. The van der Waals surface area contributed by atoms with Gasteiger partial charge in [0.15, 0.2) is 5.75 Å². The van der Waals surface area contributed by atoms with Gasteiger partial charge in [0.25, 0.3) is 5.88 Å². The van der Waals surface area contributed by atoms with E-state index in [1.165, 1.54) is 13.3 Å². The summed E-state index contributed by atoms with van der Waals surface area (Å²) in [6.45, 7) is 1.84. The fraction of sp³-hybridized carbons (Fsp3) is 0.286. The number of hydrogen-bond acceptors (Lipinski definition) is 3. The summed E-state index contributed by atoms with van der Waals surface area (Å²) in [5, 5.41) is 9.16. The summed E-state index contributed by atoms with van der Waals surface area (Å²) in [4.78, 5) is 3.69. The summed E-state index contributed by atoms with van der Waals surface area (Å²) >= 11 is 3.27. The van der Waals surface area contributed by atoms with Gasteiger partial charge in [-0.25, -0.2) is 4.98 Å². The number of ether oxygens (including phenoxy) is 1. The van der Waals surface area contributed by atoms with Crippen molar-refractivity contribution in [2.24, 2.45) is 0 Å². The fourth-order valence-corrected chi connectivity index (χ4v) is 1.08. The molecule has 0 aliphatic rings. The average molecular weight is 218 g/mol. The van der Waals surface area contributed by atoms with Gasteiger partial charge in [-0.3, -0.25) is 0 Å². The van der Waals surface area contributed by atoms with Gasteiger partial charge in [-0.1, -0.05) is 0 Å². The zero-order valence-corrected chi connectivity index (χ0v) is 7.84. The van der Waals surface area contributed by atoms with Crippen LogP contribution in [0.2, 0.25) is 0 Å². The van der Waals surface area contributed by atoms with Crippen molar-refractivity contribution in [2.45, 2.75) is 6.92 Å². The van der Waals surface area contributed by atoms with Crippen molar-refractivity contribution in [1.29, 1.82) is 0 Å². The Hall–Kier alpha value is -0.770. The number of hydrogen-bond donors (Lipinski definition) is 1.